The average molecular weight is 294 g/mol. The molecule has 0 unspecified atom stereocenters. The standard InChI is InChI=1S/C16H19FO2S/c17-15-7-5-13(9-14(15)6-8-16(18)19)11-20-10-12-3-1-2-4-12/h5-9,12H,1-4,10-11H2,(H,18,19). The largest absolute Gasteiger partial charge is 0.478 e. The van der Waals surface area contributed by atoms with Gasteiger partial charge < -0.3 is 5.11 Å². The minimum absolute atomic E-state index is 0.339. The van der Waals surface area contributed by atoms with Crippen LogP contribution in [0.2, 0.25) is 0 Å². The fourth-order valence-electron chi connectivity index (χ4n) is 2.49. The number of rotatable bonds is 6. The molecule has 20 heavy (non-hydrogen) atoms. The second kappa shape index (κ2) is 7.48. The molecule has 0 spiro atoms. The van der Waals surface area contributed by atoms with E-state index in [1.165, 1.54) is 37.8 Å². The van der Waals surface area contributed by atoms with Crippen molar-refractivity contribution in [1.82, 2.24) is 0 Å². The molecule has 2 nitrogen and oxygen atoms in total. The third-order valence-corrected chi connectivity index (χ3v) is 4.81. The van der Waals surface area contributed by atoms with E-state index in [9.17, 15) is 9.18 Å². The molecule has 2 rings (SSSR count). The lowest BCUT2D eigenvalue weighted by molar-refractivity contribution is -0.131. The predicted octanol–water partition coefficient (Wildman–Crippen LogP) is 4.35. The summed E-state index contributed by atoms with van der Waals surface area (Å²) < 4.78 is 13.5. The monoisotopic (exact) mass is 294 g/mol. The normalized spacial score (nSPS) is 16.1. The lowest BCUT2D eigenvalue weighted by Gasteiger charge is -2.08. The number of carbonyl (C=O) groups is 1. The molecule has 108 valence electrons. The first-order valence-electron chi connectivity index (χ1n) is 6.92. The van der Waals surface area contributed by atoms with Gasteiger partial charge in [-0.1, -0.05) is 18.9 Å². The number of halogens is 1. The molecule has 1 N–H and O–H groups in total. The average Bonchev–Trinajstić information content (AvgIpc) is 2.92. The molecule has 0 bridgehead atoms. The second-order valence-electron chi connectivity index (χ2n) is 5.19. The Hall–Kier alpha value is -1.29. The van der Waals surface area contributed by atoms with Crippen molar-refractivity contribution in [3.8, 4) is 0 Å². The molecule has 0 aliphatic heterocycles. The molecule has 1 aromatic rings. The Kier molecular flexibility index (Phi) is 5.65. The summed E-state index contributed by atoms with van der Waals surface area (Å²) in [6.07, 6.45) is 7.65. The Morgan fingerprint density at radius 1 is 1.40 bits per heavy atom. The van der Waals surface area contributed by atoms with E-state index in [-0.39, 0.29) is 5.82 Å². The van der Waals surface area contributed by atoms with E-state index in [4.69, 9.17) is 5.11 Å². The SMILES string of the molecule is O=C(O)C=Cc1cc(CSCC2CCCC2)ccc1F. The maximum absolute atomic E-state index is 13.5. The Morgan fingerprint density at radius 2 is 2.15 bits per heavy atom. The number of hydrogen-bond donors (Lipinski definition) is 1. The summed E-state index contributed by atoms with van der Waals surface area (Å²) in [7, 11) is 0. The molecule has 0 amide bonds. The van der Waals surface area contributed by atoms with E-state index < -0.39 is 5.97 Å². The van der Waals surface area contributed by atoms with Crippen LogP contribution in [0.3, 0.4) is 0 Å². The van der Waals surface area contributed by atoms with Crippen molar-refractivity contribution in [2.75, 3.05) is 5.75 Å². The van der Waals surface area contributed by atoms with Crippen molar-refractivity contribution in [1.29, 1.82) is 0 Å². The Morgan fingerprint density at radius 3 is 2.85 bits per heavy atom. The van der Waals surface area contributed by atoms with Gasteiger partial charge in [-0.25, -0.2) is 9.18 Å². The molecule has 0 radical (unpaired) electrons. The van der Waals surface area contributed by atoms with Gasteiger partial charge in [0, 0.05) is 17.4 Å². The van der Waals surface area contributed by atoms with Crippen molar-refractivity contribution in [3.05, 3.63) is 41.2 Å². The van der Waals surface area contributed by atoms with Crippen LogP contribution in [0.4, 0.5) is 4.39 Å². The highest BCUT2D eigenvalue weighted by molar-refractivity contribution is 7.98. The zero-order valence-corrected chi connectivity index (χ0v) is 12.2. The van der Waals surface area contributed by atoms with E-state index in [0.29, 0.717) is 5.56 Å². The van der Waals surface area contributed by atoms with E-state index in [2.05, 4.69) is 0 Å². The maximum Gasteiger partial charge on any atom is 0.328 e. The van der Waals surface area contributed by atoms with E-state index >= 15 is 0 Å². The summed E-state index contributed by atoms with van der Waals surface area (Å²) in [5.74, 6) is 1.41. The Labute approximate surface area is 123 Å². The van der Waals surface area contributed by atoms with E-state index in [0.717, 1.165) is 29.1 Å². The highest BCUT2D eigenvalue weighted by atomic mass is 32.2. The Bertz CT molecular complexity index is 493. The number of aliphatic carboxylic acids is 1. The summed E-state index contributed by atoms with van der Waals surface area (Å²) in [4.78, 5) is 10.5. The molecule has 0 atom stereocenters. The quantitative estimate of drug-likeness (QED) is 0.793. The molecule has 1 fully saturated rings. The maximum atomic E-state index is 13.5. The van der Waals surface area contributed by atoms with Crippen LogP contribution >= 0.6 is 11.8 Å². The van der Waals surface area contributed by atoms with E-state index in [1.807, 2.05) is 11.8 Å². The summed E-state index contributed by atoms with van der Waals surface area (Å²) >= 11 is 1.88. The lowest BCUT2D eigenvalue weighted by Crippen LogP contribution is -1.97. The van der Waals surface area contributed by atoms with Gasteiger partial charge in [-0.2, -0.15) is 11.8 Å². The van der Waals surface area contributed by atoms with Gasteiger partial charge in [0.1, 0.15) is 5.82 Å². The first-order valence-corrected chi connectivity index (χ1v) is 8.08. The fourth-order valence-corrected chi connectivity index (χ4v) is 3.69. The second-order valence-corrected chi connectivity index (χ2v) is 6.22. The van der Waals surface area contributed by atoms with Crippen LogP contribution in [0.5, 0.6) is 0 Å². The molecule has 4 heteroatoms. The first-order chi connectivity index (χ1) is 9.65. The molecular weight excluding hydrogens is 275 g/mol. The highest BCUT2D eigenvalue weighted by Gasteiger charge is 2.14. The van der Waals surface area contributed by atoms with Gasteiger partial charge in [0.2, 0.25) is 0 Å². The van der Waals surface area contributed by atoms with Gasteiger partial charge in [-0.15, -0.1) is 0 Å². The number of benzene rings is 1. The van der Waals surface area contributed by atoms with Crippen LogP contribution in [0.25, 0.3) is 6.08 Å². The molecule has 0 saturated heterocycles. The molecule has 1 aliphatic carbocycles. The van der Waals surface area contributed by atoms with Crippen molar-refractivity contribution in [2.45, 2.75) is 31.4 Å². The van der Waals surface area contributed by atoms with Crippen LogP contribution in [-0.2, 0) is 10.5 Å². The Balaban J connectivity index is 1.90. The van der Waals surface area contributed by atoms with Gasteiger partial charge in [0.05, 0.1) is 0 Å². The van der Waals surface area contributed by atoms with Crippen LogP contribution in [0, 0.1) is 11.7 Å². The zero-order valence-electron chi connectivity index (χ0n) is 11.3. The van der Waals surface area contributed by atoms with Gasteiger partial charge in [-0.3, -0.25) is 0 Å². The third kappa shape index (κ3) is 4.67. The highest BCUT2D eigenvalue weighted by Crippen LogP contribution is 2.29. The molecule has 1 aliphatic rings. The fraction of sp³-hybridized carbons (Fsp3) is 0.438. The minimum atomic E-state index is -1.06. The van der Waals surface area contributed by atoms with Crippen molar-refractivity contribution < 1.29 is 14.3 Å². The summed E-state index contributed by atoms with van der Waals surface area (Å²) in [5, 5.41) is 8.58. The first kappa shape index (κ1) is 15.1. The molecule has 1 aromatic carbocycles. The molecular formula is C16H19FO2S. The van der Waals surface area contributed by atoms with Gasteiger partial charge in [0.15, 0.2) is 0 Å². The molecule has 0 aromatic heterocycles. The van der Waals surface area contributed by atoms with Gasteiger partial charge in [0.25, 0.3) is 0 Å². The summed E-state index contributed by atoms with van der Waals surface area (Å²) in [6, 6.07) is 4.92. The topological polar surface area (TPSA) is 37.3 Å². The van der Waals surface area contributed by atoms with Crippen LogP contribution in [0.15, 0.2) is 24.3 Å². The van der Waals surface area contributed by atoms with E-state index in [1.54, 1.807) is 12.1 Å². The zero-order chi connectivity index (χ0) is 14.4. The number of hydrogen-bond acceptors (Lipinski definition) is 2. The van der Waals surface area contributed by atoms with Gasteiger partial charge in [-0.05, 0) is 48.3 Å². The van der Waals surface area contributed by atoms with Crippen molar-refractivity contribution >= 4 is 23.8 Å². The summed E-state index contributed by atoms with van der Waals surface area (Å²) in [5.41, 5.74) is 1.38. The lowest BCUT2D eigenvalue weighted by atomic mass is 10.1. The predicted molar refractivity (Wildman–Crippen MR) is 81.2 cm³/mol. The number of carboxylic acid groups (broad SMARTS) is 1. The van der Waals surface area contributed by atoms with Crippen molar-refractivity contribution in [3.63, 3.8) is 0 Å². The summed E-state index contributed by atoms with van der Waals surface area (Å²) in [6.45, 7) is 0. The number of carboxylic acids is 1. The van der Waals surface area contributed by atoms with Crippen LogP contribution in [0.1, 0.15) is 36.8 Å². The smallest absolute Gasteiger partial charge is 0.328 e. The van der Waals surface area contributed by atoms with Crippen molar-refractivity contribution in [2.24, 2.45) is 5.92 Å². The third-order valence-electron chi connectivity index (χ3n) is 3.56. The number of thioether (sulfide) groups is 1. The molecule has 1 saturated carbocycles. The molecule has 0 heterocycles. The van der Waals surface area contributed by atoms with Gasteiger partial charge >= 0.3 is 5.97 Å². The van der Waals surface area contributed by atoms with Crippen LogP contribution in [-0.4, -0.2) is 16.8 Å². The van der Waals surface area contributed by atoms with Crippen LogP contribution < -0.4 is 0 Å². The minimum Gasteiger partial charge on any atom is -0.478 e.